The molecule has 2 aliphatic rings. The Morgan fingerprint density at radius 1 is 1.13 bits per heavy atom. The fraction of sp³-hybridized carbons (Fsp3) is 1.00. The van der Waals surface area contributed by atoms with Crippen LogP contribution in [0, 0.1) is 11.3 Å². The zero-order chi connectivity index (χ0) is 10.7. The van der Waals surface area contributed by atoms with Crippen LogP contribution in [-0.4, -0.2) is 38.8 Å². The predicted molar refractivity (Wildman–Crippen MR) is 63.0 cm³/mol. The van der Waals surface area contributed by atoms with Gasteiger partial charge in [-0.15, -0.1) is 0 Å². The zero-order valence-corrected chi connectivity index (χ0v) is 10.3. The van der Waals surface area contributed by atoms with Gasteiger partial charge in [-0.3, -0.25) is 0 Å². The third kappa shape index (κ3) is 2.73. The highest BCUT2D eigenvalue weighted by Crippen LogP contribution is 2.45. The second kappa shape index (κ2) is 4.84. The van der Waals surface area contributed by atoms with Crippen molar-refractivity contribution < 1.29 is 4.74 Å². The molecule has 2 rings (SSSR count). The molecule has 2 nitrogen and oxygen atoms in total. The van der Waals surface area contributed by atoms with E-state index >= 15 is 0 Å². The molecule has 2 fully saturated rings. The fourth-order valence-corrected chi connectivity index (χ4v) is 3.29. The molecule has 1 saturated heterocycles. The highest BCUT2D eigenvalue weighted by Gasteiger charge is 2.37. The molecule has 1 aliphatic carbocycles. The Labute approximate surface area is 94.0 Å². The Morgan fingerprint density at radius 2 is 1.73 bits per heavy atom. The van der Waals surface area contributed by atoms with Crippen LogP contribution >= 0.6 is 0 Å². The van der Waals surface area contributed by atoms with Crippen molar-refractivity contribution in [1.82, 2.24) is 4.90 Å². The van der Waals surface area contributed by atoms with Crippen LogP contribution in [0.2, 0.25) is 0 Å². The van der Waals surface area contributed by atoms with Crippen LogP contribution < -0.4 is 0 Å². The molecule has 1 aliphatic heterocycles. The first kappa shape index (κ1) is 11.4. The third-order valence-electron chi connectivity index (χ3n) is 4.62. The summed E-state index contributed by atoms with van der Waals surface area (Å²) in [4.78, 5) is 2.48. The van der Waals surface area contributed by atoms with Crippen molar-refractivity contribution >= 4 is 0 Å². The van der Waals surface area contributed by atoms with E-state index in [1.165, 1.54) is 51.6 Å². The van der Waals surface area contributed by atoms with Crippen LogP contribution in [0.25, 0.3) is 0 Å². The van der Waals surface area contributed by atoms with Gasteiger partial charge in [-0.05, 0) is 70.0 Å². The lowest BCUT2D eigenvalue weighted by Crippen LogP contribution is -2.40. The van der Waals surface area contributed by atoms with Crippen LogP contribution in [0.15, 0.2) is 0 Å². The molecule has 2 heteroatoms. The van der Waals surface area contributed by atoms with E-state index in [0.717, 1.165) is 17.9 Å². The number of piperidine rings is 1. The Morgan fingerprint density at radius 3 is 2.27 bits per heavy atom. The number of rotatable bonds is 2. The first-order chi connectivity index (χ1) is 7.24. The average molecular weight is 211 g/mol. The Kier molecular flexibility index (Phi) is 3.68. The molecular weight excluding hydrogens is 186 g/mol. The van der Waals surface area contributed by atoms with Gasteiger partial charge in [-0.1, -0.05) is 0 Å². The van der Waals surface area contributed by atoms with Crippen molar-refractivity contribution in [3.63, 3.8) is 0 Å². The maximum Gasteiger partial charge on any atom is 0.0490 e. The first-order valence-electron chi connectivity index (χ1n) is 6.42. The second-order valence-corrected chi connectivity index (χ2v) is 5.70. The third-order valence-corrected chi connectivity index (χ3v) is 4.62. The summed E-state index contributed by atoms with van der Waals surface area (Å²) in [6.07, 6.45) is 8.57. The number of ether oxygens (including phenoxy) is 1. The summed E-state index contributed by atoms with van der Waals surface area (Å²) in [5, 5.41) is 0. The summed E-state index contributed by atoms with van der Waals surface area (Å²) in [5.74, 6) is 0.847. The lowest BCUT2D eigenvalue weighted by Gasteiger charge is -2.45. The molecule has 0 atom stereocenters. The van der Waals surface area contributed by atoms with E-state index in [-0.39, 0.29) is 0 Å². The molecule has 0 aromatic heterocycles. The highest BCUT2D eigenvalue weighted by molar-refractivity contribution is 4.89. The fourth-order valence-electron chi connectivity index (χ4n) is 3.29. The van der Waals surface area contributed by atoms with Gasteiger partial charge < -0.3 is 9.64 Å². The molecule has 1 saturated carbocycles. The maximum atomic E-state index is 5.27. The van der Waals surface area contributed by atoms with Gasteiger partial charge in [0, 0.05) is 13.7 Å². The maximum absolute atomic E-state index is 5.27. The molecular formula is C13H25NO. The monoisotopic (exact) mass is 211 g/mol. The summed E-state index contributed by atoms with van der Waals surface area (Å²) in [5.41, 5.74) is 0.719. The van der Waals surface area contributed by atoms with E-state index in [0.29, 0.717) is 0 Å². The van der Waals surface area contributed by atoms with Crippen LogP contribution in [0.3, 0.4) is 0 Å². The zero-order valence-electron chi connectivity index (χ0n) is 10.3. The summed E-state index contributed by atoms with van der Waals surface area (Å²) in [6, 6.07) is 0. The molecule has 0 aromatic carbocycles. The van der Waals surface area contributed by atoms with Gasteiger partial charge in [-0.2, -0.15) is 0 Å². The first-order valence-corrected chi connectivity index (χ1v) is 6.42. The van der Waals surface area contributed by atoms with E-state index in [4.69, 9.17) is 4.74 Å². The molecule has 88 valence electrons. The lowest BCUT2D eigenvalue weighted by atomic mass is 9.65. The topological polar surface area (TPSA) is 12.5 Å². The van der Waals surface area contributed by atoms with E-state index < -0.39 is 0 Å². The van der Waals surface area contributed by atoms with Gasteiger partial charge in [-0.25, -0.2) is 0 Å². The number of nitrogens with zero attached hydrogens (tertiary/aromatic N) is 1. The molecule has 15 heavy (non-hydrogen) atoms. The summed E-state index contributed by atoms with van der Waals surface area (Å²) < 4.78 is 5.27. The second-order valence-electron chi connectivity index (χ2n) is 5.70. The van der Waals surface area contributed by atoms with Crippen molar-refractivity contribution in [2.45, 2.75) is 38.5 Å². The van der Waals surface area contributed by atoms with Gasteiger partial charge >= 0.3 is 0 Å². The molecule has 1 spiro atoms. The Bertz CT molecular complexity index is 187. The highest BCUT2D eigenvalue weighted by atomic mass is 16.5. The minimum atomic E-state index is 0.719. The number of hydrogen-bond acceptors (Lipinski definition) is 2. The summed E-state index contributed by atoms with van der Waals surface area (Å²) in [6.45, 7) is 3.61. The molecule has 0 amide bonds. The molecule has 0 aromatic rings. The van der Waals surface area contributed by atoms with Gasteiger partial charge in [0.25, 0.3) is 0 Å². The van der Waals surface area contributed by atoms with E-state index in [9.17, 15) is 0 Å². The molecule has 0 N–H and O–H groups in total. The predicted octanol–water partition coefficient (Wildman–Crippen LogP) is 2.54. The van der Waals surface area contributed by atoms with Crippen LogP contribution in [0.1, 0.15) is 38.5 Å². The van der Waals surface area contributed by atoms with E-state index in [2.05, 4.69) is 11.9 Å². The van der Waals surface area contributed by atoms with Crippen LogP contribution in [0.4, 0.5) is 0 Å². The summed E-state index contributed by atoms with van der Waals surface area (Å²) >= 11 is 0. The van der Waals surface area contributed by atoms with Crippen molar-refractivity contribution in [2.24, 2.45) is 11.3 Å². The lowest BCUT2D eigenvalue weighted by molar-refractivity contribution is 0.0395. The molecule has 0 bridgehead atoms. The number of methoxy groups -OCH3 is 1. The Hall–Kier alpha value is -0.0800. The van der Waals surface area contributed by atoms with Gasteiger partial charge in [0.15, 0.2) is 0 Å². The quantitative estimate of drug-likeness (QED) is 0.696. The van der Waals surface area contributed by atoms with Crippen molar-refractivity contribution in [3.8, 4) is 0 Å². The van der Waals surface area contributed by atoms with Gasteiger partial charge in [0.05, 0.1) is 0 Å². The van der Waals surface area contributed by atoms with Crippen molar-refractivity contribution in [3.05, 3.63) is 0 Å². The van der Waals surface area contributed by atoms with Gasteiger partial charge in [0.1, 0.15) is 0 Å². The smallest absolute Gasteiger partial charge is 0.0490 e. The van der Waals surface area contributed by atoms with Crippen LogP contribution in [-0.2, 0) is 4.74 Å². The van der Waals surface area contributed by atoms with E-state index in [1.807, 2.05) is 7.11 Å². The normalized spacial score (nSPS) is 28.4. The standard InChI is InChI=1S/C13H25NO/c1-14-9-7-13(8-10-14)5-3-12(4-6-13)11-15-2/h12H,3-11H2,1-2H3. The molecule has 0 unspecified atom stereocenters. The van der Waals surface area contributed by atoms with Gasteiger partial charge in [0.2, 0.25) is 0 Å². The molecule has 0 radical (unpaired) electrons. The van der Waals surface area contributed by atoms with Crippen molar-refractivity contribution in [2.75, 3.05) is 33.9 Å². The minimum absolute atomic E-state index is 0.719. The summed E-state index contributed by atoms with van der Waals surface area (Å²) in [7, 11) is 4.09. The van der Waals surface area contributed by atoms with Crippen molar-refractivity contribution in [1.29, 1.82) is 0 Å². The molecule has 1 heterocycles. The number of hydrogen-bond donors (Lipinski definition) is 0. The Balaban J connectivity index is 1.81. The average Bonchev–Trinajstić information content (AvgIpc) is 2.27. The largest absolute Gasteiger partial charge is 0.384 e. The minimum Gasteiger partial charge on any atom is -0.384 e. The SMILES string of the molecule is COCC1CCC2(CC1)CCN(C)CC2. The number of likely N-dealkylation sites (tertiary alicyclic amines) is 1. The van der Waals surface area contributed by atoms with Crippen LogP contribution in [0.5, 0.6) is 0 Å². The van der Waals surface area contributed by atoms with E-state index in [1.54, 1.807) is 0 Å².